The van der Waals surface area contributed by atoms with E-state index in [1.165, 1.54) is 0 Å². The van der Waals surface area contributed by atoms with Gasteiger partial charge in [0, 0.05) is 19.4 Å². The Bertz CT molecular complexity index is 533. The number of carbonyl (C=O) groups is 1. The number of ether oxygens (including phenoxy) is 1. The number of aliphatic hydroxyl groups is 1. The molecule has 1 amide bonds. The third-order valence-corrected chi connectivity index (χ3v) is 4.43. The highest BCUT2D eigenvalue weighted by Gasteiger charge is 2.38. The fraction of sp³-hybridized carbons (Fsp3) is 0.800. The van der Waals surface area contributed by atoms with Crippen molar-refractivity contribution in [3.63, 3.8) is 0 Å². The molecule has 122 valence electrons. The van der Waals surface area contributed by atoms with E-state index in [0.717, 1.165) is 19.3 Å². The molecule has 0 saturated carbocycles. The van der Waals surface area contributed by atoms with Crippen molar-refractivity contribution < 1.29 is 19.2 Å². The quantitative estimate of drug-likeness (QED) is 0.903. The van der Waals surface area contributed by atoms with Gasteiger partial charge in [-0.25, -0.2) is 0 Å². The van der Waals surface area contributed by atoms with Crippen molar-refractivity contribution >= 4 is 5.91 Å². The fourth-order valence-corrected chi connectivity index (χ4v) is 3.30. The third kappa shape index (κ3) is 3.30. The van der Waals surface area contributed by atoms with Gasteiger partial charge in [0.05, 0.1) is 18.3 Å². The van der Waals surface area contributed by atoms with Gasteiger partial charge in [-0.15, -0.1) is 0 Å². The van der Waals surface area contributed by atoms with Crippen molar-refractivity contribution in [2.45, 2.75) is 70.3 Å². The molecule has 2 unspecified atom stereocenters. The summed E-state index contributed by atoms with van der Waals surface area (Å²) in [6, 6.07) is -0.313. The predicted molar refractivity (Wildman–Crippen MR) is 76.9 cm³/mol. The van der Waals surface area contributed by atoms with Crippen molar-refractivity contribution in [3.05, 3.63) is 11.7 Å². The highest BCUT2D eigenvalue weighted by Crippen LogP contribution is 2.32. The van der Waals surface area contributed by atoms with E-state index in [9.17, 15) is 9.90 Å². The Labute approximate surface area is 129 Å². The van der Waals surface area contributed by atoms with Crippen molar-refractivity contribution in [1.29, 1.82) is 0 Å². The number of hydrogen-bond donors (Lipinski definition) is 1. The lowest BCUT2D eigenvalue weighted by atomic mass is 10.1. The van der Waals surface area contributed by atoms with Crippen LogP contribution < -0.4 is 0 Å². The Morgan fingerprint density at radius 1 is 1.45 bits per heavy atom. The molecule has 0 aliphatic carbocycles. The Balaban J connectivity index is 1.60. The van der Waals surface area contributed by atoms with Crippen LogP contribution in [0.15, 0.2) is 4.52 Å². The number of aromatic nitrogens is 2. The van der Waals surface area contributed by atoms with Crippen LogP contribution in [0.1, 0.15) is 56.8 Å². The van der Waals surface area contributed by atoms with Gasteiger partial charge in [-0.1, -0.05) is 5.16 Å². The lowest BCUT2D eigenvalue weighted by Gasteiger charge is -2.22. The van der Waals surface area contributed by atoms with Gasteiger partial charge in [-0.05, 0) is 33.1 Å². The Kier molecular flexibility index (Phi) is 4.44. The summed E-state index contributed by atoms with van der Waals surface area (Å²) in [5.74, 6) is 0.964. The van der Waals surface area contributed by atoms with Crippen LogP contribution in [0, 0.1) is 6.92 Å². The first-order valence-corrected chi connectivity index (χ1v) is 7.96. The first-order chi connectivity index (χ1) is 10.5. The second-order valence-corrected chi connectivity index (χ2v) is 6.32. The molecular formula is C15H23N3O4. The monoisotopic (exact) mass is 309 g/mol. The zero-order valence-corrected chi connectivity index (χ0v) is 13.1. The average Bonchev–Trinajstić information content (AvgIpc) is 3.16. The summed E-state index contributed by atoms with van der Waals surface area (Å²) >= 11 is 0. The summed E-state index contributed by atoms with van der Waals surface area (Å²) in [4.78, 5) is 18.4. The lowest BCUT2D eigenvalue weighted by molar-refractivity contribution is -0.133. The summed E-state index contributed by atoms with van der Waals surface area (Å²) in [6.45, 7) is 4.13. The van der Waals surface area contributed by atoms with E-state index in [4.69, 9.17) is 9.26 Å². The van der Waals surface area contributed by atoms with Crippen LogP contribution >= 0.6 is 0 Å². The molecule has 3 heterocycles. The van der Waals surface area contributed by atoms with Gasteiger partial charge in [0.2, 0.25) is 11.8 Å². The van der Waals surface area contributed by atoms with Crippen molar-refractivity contribution in [1.82, 2.24) is 15.0 Å². The van der Waals surface area contributed by atoms with Crippen molar-refractivity contribution in [3.8, 4) is 0 Å². The Hall–Kier alpha value is -1.47. The molecule has 22 heavy (non-hydrogen) atoms. The maximum Gasteiger partial charge on any atom is 0.249 e. The molecule has 7 nitrogen and oxygen atoms in total. The van der Waals surface area contributed by atoms with Crippen LogP contribution in [-0.4, -0.2) is 50.9 Å². The second-order valence-electron chi connectivity index (χ2n) is 6.32. The number of β-amino-alcohol motifs (C(OH)–C–C–N with tert-alkyl or cyclic N) is 1. The zero-order valence-electron chi connectivity index (χ0n) is 13.1. The molecule has 0 spiro atoms. The smallest absolute Gasteiger partial charge is 0.249 e. The van der Waals surface area contributed by atoms with Gasteiger partial charge >= 0.3 is 0 Å². The van der Waals surface area contributed by atoms with Crippen LogP contribution in [0.4, 0.5) is 0 Å². The first-order valence-electron chi connectivity index (χ1n) is 7.96. The van der Waals surface area contributed by atoms with Gasteiger partial charge in [0.25, 0.3) is 0 Å². The highest BCUT2D eigenvalue weighted by molar-refractivity contribution is 5.77. The molecule has 0 aromatic carbocycles. The summed E-state index contributed by atoms with van der Waals surface area (Å²) in [5, 5.41) is 13.7. The molecule has 0 bridgehead atoms. The topological polar surface area (TPSA) is 88.7 Å². The molecule has 2 aliphatic heterocycles. The third-order valence-electron chi connectivity index (χ3n) is 4.43. The van der Waals surface area contributed by atoms with E-state index in [-0.39, 0.29) is 18.1 Å². The van der Waals surface area contributed by atoms with Gasteiger partial charge in [0.15, 0.2) is 5.82 Å². The molecule has 1 N–H and O–H groups in total. The molecule has 3 rings (SSSR count). The van der Waals surface area contributed by atoms with Gasteiger partial charge in [-0.2, -0.15) is 4.98 Å². The van der Waals surface area contributed by atoms with E-state index in [1.807, 2.05) is 0 Å². The summed E-state index contributed by atoms with van der Waals surface area (Å²) in [7, 11) is 0. The summed E-state index contributed by atoms with van der Waals surface area (Å²) in [6.07, 6.45) is 3.61. The Morgan fingerprint density at radius 3 is 2.91 bits per heavy atom. The van der Waals surface area contributed by atoms with Crippen LogP contribution in [0.25, 0.3) is 0 Å². The van der Waals surface area contributed by atoms with Crippen molar-refractivity contribution in [2.24, 2.45) is 0 Å². The minimum atomic E-state index is -0.538. The fourth-order valence-electron chi connectivity index (χ4n) is 3.30. The molecule has 1 aromatic heterocycles. The molecule has 2 fully saturated rings. The molecule has 4 atom stereocenters. The minimum Gasteiger partial charge on any atom is -0.391 e. The Morgan fingerprint density at radius 2 is 2.27 bits per heavy atom. The number of nitrogens with zero attached hydrogens (tertiary/aromatic N) is 3. The van der Waals surface area contributed by atoms with Crippen molar-refractivity contribution in [2.75, 3.05) is 6.54 Å². The largest absolute Gasteiger partial charge is 0.391 e. The summed E-state index contributed by atoms with van der Waals surface area (Å²) in [5.41, 5.74) is 0. The average molecular weight is 309 g/mol. The molecular weight excluding hydrogens is 286 g/mol. The number of aryl methyl sites for hydroxylation is 1. The van der Waals surface area contributed by atoms with E-state index in [1.54, 1.807) is 11.8 Å². The molecule has 0 radical (unpaired) electrons. The summed E-state index contributed by atoms with van der Waals surface area (Å²) < 4.78 is 10.9. The SMILES string of the molecule is Cc1noc([C@H]2C[C@@H](O)CN2C(=O)CCC2CCC(C)O2)n1. The predicted octanol–water partition coefficient (Wildman–Crippen LogP) is 1.36. The van der Waals surface area contributed by atoms with Crippen LogP contribution in [0.5, 0.6) is 0 Å². The molecule has 1 aromatic rings. The minimum absolute atomic E-state index is 0.0144. The number of amides is 1. The number of carbonyl (C=O) groups excluding carboxylic acids is 1. The van der Waals surface area contributed by atoms with E-state index < -0.39 is 6.10 Å². The van der Waals surface area contributed by atoms with Crippen LogP contribution in [-0.2, 0) is 9.53 Å². The first kappa shape index (κ1) is 15.4. The number of aliphatic hydroxyl groups excluding tert-OH is 1. The molecule has 7 heteroatoms. The van der Waals surface area contributed by atoms with E-state index in [0.29, 0.717) is 37.2 Å². The molecule has 2 saturated heterocycles. The number of hydrogen-bond acceptors (Lipinski definition) is 6. The zero-order chi connectivity index (χ0) is 15.7. The van der Waals surface area contributed by atoms with Gasteiger partial charge in [0.1, 0.15) is 6.04 Å². The highest BCUT2D eigenvalue weighted by atomic mass is 16.5. The van der Waals surface area contributed by atoms with Crippen LogP contribution in [0.2, 0.25) is 0 Å². The maximum atomic E-state index is 12.5. The number of rotatable bonds is 4. The van der Waals surface area contributed by atoms with Gasteiger partial charge in [-0.3, -0.25) is 4.79 Å². The molecule has 2 aliphatic rings. The maximum absolute atomic E-state index is 12.5. The van der Waals surface area contributed by atoms with E-state index in [2.05, 4.69) is 17.1 Å². The standard InChI is InChI=1S/C15H23N3O4/c1-9-3-4-12(21-9)5-6-14(20)18-8-11(19)7-13(18)15-16-10(2)17-22-15/h9,11-13,19H,3-8H2,1-2H3/t9?,11-,12?,13-/m1/s1. The second kappa shape index (κ2) is 6.34. The normalized spacial score (nSPS) is 31.9. The van der Waals surface area contributed by atoms with Crippen LogP contribution in [0.3, 0.4) is 0 Å². The lowest BCUT2D eigenvalue weighted by Crippen LogP contribution is -2.32. The number of likely N-dealkylation sites (tertiary alicyclic amines) is 1. The van der Waals surface area contributed by atoms with Gasteiger partial charge < -0.3 is 19.3 Å². The van der Waals surface area contributed by atoms with E-state index >= 15 is 0 Å².